The van der Waals surface area contributed by atoms with Crippen molar-refractivity contribution in [1.82, 2.24) is 15.2 Å². The number of nitrogens with two attached hydrogens (primary N) is 2. The minimum atomic E-state index is -0.374. The third-order valence-corrected chi connectivity index (χ3v) is 4.04. The van der Waals surface area contributed by atoms with Crippen molar-refractivity contribution in [2.45, 2.75) is 12.8 Å². The van der Waals surface area contributed by atoms with Gasteiger partial charge in [-0.25, -0.2) is 0 Å². The normalized spacial score (nSPS) is 10.5. The molecule has 2 aromatic rings. The van der Waals surface area contributed by atoms with Crippen LogP contribution in [0.3, 0.4) is 0 Å². The second-order valence-corrected chi connectivity index (χ2v) is 6.20. The molecule has 0 saturated heterocycles. The molecule has 0 bridgehead atoms. The van der Waals surface area contributed by atoms with Gasteiger partial charge in [0, 0.05) is 44.4 Å². The van der Waals surface area contributed by atoms with E-state index in [0.29, 0.717) is 31.9 Å². The third-order valence-electron chi connectivity index (χ3n) is 4.04. The predicted octanol–water partition coefficient (Wildman–Crippen LogP) is -0.184. The van der Waals surface area contributed by atoms with E-state index in [1.54, 1.807) is 6.20 Å². The molecule has 150 valence electrons. The SMILES string of the molecule is NCCN(CCN)C(=O)CCC(=O)NCC(=O)Nc1cnc2ccccc2c1. The molecule has 0 saturated carbocycles. The smallest absolute Gasteiger partial charge is 0.243 e. The van der Waals surface area contributed by atoms with Crippen molar-refractivity contribution in [3.63, 3.8) is 0 Å². The van der Waals surface area contributed by atoms with Crippen LogP contribution in [0, 0.1) is 0 Å². The van der Waals surface area contributed by atoms with Gasteiger partial charge in [-0.2, -0.15) is 0 Å². The van der Waals surface area contributed by atoms with Crippen LogP contribution < -0.4 is 22.1 Å². The number of amides is 3. The van der Waals surface area contributed by atoms with Crippen LogP contribution in [-0.4, -0.2) is 60.3 Å². The summed E-state index contributed by atoms with van der Waals surface area (Å²) < 4.78 is 0. The third kappa shape index (κ3) is 6.60. The first-order chi connectivity index (χ1) is 13.5. The molecule has 0 fully saturated rings. The molecule has 28 heavy (non-hydrogen) atoms. The summed E-state index contributed by atoms with van der Waals surface area (Å²) in [4.78, 5) is 41.8. The standard InChI is InChI=1S/C19H26N6O3/c20-7-9-25(10-8-21)19(28)6-5-17(26)23-13-18(27)24-15-11-14-3-1-2-4-16(14)22-12-15/h1-4,11-12H,5-10,13,20-21H2,(H,23,26)(H,24,27). The lowest BCUT2D eigenvalue weighted by Crippen LogP contribution is -2.39. The van der Waals surface area contributed by atoms with Gasteiger partial charge in [0.15, 0.2) is 0 Å². The maximum atomic E-state index is 12.1. The maximum Gasteiger partial charge on any atom is 0.243 e. The molecule has 9 nitrogen and oxygen atoms in total. The molecule has 1 heterocycles. The van der Waals surface area contributed by atoms with Crippen LogP contribution in [0.1, 0.15) is 12.8 Å². The van der Waals surface area contributed by atoms with E-state index in [1.165, 1.54) is 4.90 Å². The predicted molar refractivity (Wildman–Crippen MR) is 107 cm³/mol. The van der Waals surface area contributed by atoms with Crippen molar-refractivity contribution < 1.29 is 14.4 Å². The van der Waals surface area contributed by atoms with Gasteiger partial charge in [0.2, 0.25) is 17.7 Å². The summed E-state index contributed by atoms with van der Waals surface area (Å²) in [7, 11) is 0. The van der Waals surface area contributed by atoms with E-state index in [4.69, 9.17) is 11.5 Å². The molecule has 1 aromatic heterocycles. The van der Waals surface area contributed by atoms with Gasteiger partial charge in [-0.15, -0.1) is 0 Å². The molecule has 0 spiro atoms. The van der Waals surface area contributed by atoms with Crippen LogP contribution in [-0.2, 0) is 14.4 Å². The molecule has 0 radical (unpaired) electrons. The molecule has 1 aromatic carbocycles. The maximum absolute atomic E-state index is 12.1. The Morgan fingerprint density at radius 3 is 2.43 bits per heavy atom. The van der Waals surface area contributed by atoms with Crippen LogP contribution in [0.15, 0.2) is 36.5 Å². The van der Waals surface area contributed by atoms with Crippen molar-refractivity contribution in [2.75, 3.05) is 38.0 Å². The number of pyridine rings is 1. The van der Waals surface area contributed by atoms with E-state index in [1.807, 2.05) is 30.3 Å². The molecular weight excluding hydrogens is 360 g/mol. The number of para-hydroxylation sites is 1. The number of carbonyl (C=O) groups excluding carboxylic acids is 3. The Morgan fingerprint density at radius 1 is 1.00 bits per heavy atom. The average molecular weight is 386 g/mol. The number of hydrogen-bond acceptors (Lipinski definition) is 6. The van der Waals surface area contributed by atoms with Crippen LogP contribution in [0.4, 0.5) is 5.69 Å². The Balaban J connectivity index is 1.75. The van der Waals surface area contributed by atoms with Gasteiger partial charge >= 0.3 is 0 Å². The molecule has 0 atom stereocenters. The summed E-state index contributed by atoms with van der Waals surface area (Å²) in [5, 5.41) is 6.10. The molecule has 0 aliphatic carbocycles. The topological polar surface area (TPSA) is 143 Å². The van der Waals surface area contributed by atoms with Crippen molar-refractivity contribution in [1.29, 1.82) is 0 Å². The summed E-state index contributed by atoms with van der Waals surface area (Å²) in [6.45, 7) is 1.29. The van der Waals surface area contributed by atoms with Crippen LogP contribution in [0.5, 0.6) is 0 Å². The number of nitrogens with zero attached hydrogens (tertiary/aromatic N) is 2. The Morgan fingerprint density at radius 2 is 1.71 bits per heavy atom. The zero-order valence-corrected chi connectivity index (χ0v) is 15.7. The van der Waals surface area contributed by atoms with Gasteiger partial charge in [0.05, 0.1) is 23.9 Å². The van der Waals surface area contributed by atoms with E-state index in [9.17, 15) is 14.4 Å². The fourth-order valence-electron chi connectivity index (χ4n) is 2.66. The Bertz CT molecular complexity index is 820. The molecule has 2 rings (SSSR count). The van der Waals surface area contributed by atoms with Crippen molar-refractivity contribution in [3.05, 3.63) is 36.5 Å². The number of carbonyl (C=O) groups is 3. The van der Waals surface area contributed by atoms with Gasteiger partial charge in [-0.05, 0) is 12.1 Å². The van der Waals surface area contributed by atoms with E-state index in [2.05, 4.69) is 15.6 Å². The Kier molecular flexibility index (Phi) is 8.32. The highest BCUT2D eigenvalue weighted by Crippen LogP contribution is 2.15. The molecule has 3 amide bonds. The van der Waals surface area contributed by atoms with Crippen LogP contribution >= 0.6 is 0 Å². The molecule has 0 aliphatic heterocycles. The molecular formula is C19H26N6O3. The highest BCUT2D eigenvalue weighted by Gasteiger charge is 2.14. The fourth-order valence-corrected chi connectivity index (χ4v) is 2.66. The van der Waals surface area contributed by atoms with Gasteiger partial charge in [0.25, 0.3) is 0 Å². The number of hydrogen-bond donors (Lipinski definition) is 4. The van der Waals surface area contributed by atoms with E-state index >= 15 is 0 Å². The second-order valence-electron chi connectivity index (χ2n) is 6.20. The largest absolute Gasteiger partial charge is 0.347 e. The van der Waals surface area contributed by atoms with Gasteiger partial charge in [-0.3, -0.25) is 19.4 Å². The lowest BCUT2D eigenvalue weighted by Gasteiger charge is -2.21. The zero-order chi connectivity index (χ0) is 20.4. The lowest BCUT2D eigenvalue weighted by molar-refractivity contribution is -0.133. The van der Waals surface area contributed by atoms with Crippen LogP contribution in [0.2, 0.25) is 0 Å². The Hall–Kier alpha value is -3.04. The molecule has 0 unspecified atom stereocenters. The van der Waals surface area contributed by atoms with Gasteiger partial charge < -0.3 is 27.0 Å². The van der Waals surface area contributed by atoms with E-state index in [0.717, 1.165) is 10.9 Å². The quantitative estimate of drug-likeness (QED) is 0.446. The number of benzene rings is 1. The zero-order valence-electron chi connectivity index (χ0n) is 15.7. The number of rotatable bonds is 10. The number of fused-ring (bicyclic) bond motifs is 1. The summed E-state index contributed by atoms with van der Waals surface area (Å²) in [5.74, 6) is -0.928. The molecule has 6 N–H and O–H groups in total. The van der Waals surface area contributed by atoms with Crippen LogP contribution in [0.25, 0.3) is 10.9 Å². The van der Waals surface area contributed by atoms with E-state index < -0.39 is 0 Å². The average Bonchev–Trinajstić information content (AvgIpc) is 2.70. The Labute approximate surface area is 163 Å². The summed E-state index contributed by atoms with van der Waals surface area (Å²) in [6, 6.07) is 9.36. The minimum absolute atomic E-state index is 0.00468. The van der Waals surface area contributed by atoms with Crippen molar-refractivity contribution in [2.24, 2.45) is 11.5 Å². The summed E-state index contributed by atoms with van der Waals surface area (Å²) in [6.07, 6.45) is 1.60. The summed E-state index contributed by atoms with van der Waals surface area (Å²) >= 11 is 0. The lowest BCUT2D eigenvalue weighted by atomic mass is 10.2. The first kappa shape index (κ1) is 21.3. The highest BCUT2D eigenvalue weighted by molar-refractivity contribution is 5.96. The van der Waals surface area contributed by atoms with Crippen molar-refractivity contribution in [3.8, 4) is 0 Å². The fraction of sp³-hybridized carbons (Fsp3) is 0.368. The molecule has 9 heteroatoms. The molecule has 0 aliphatic rings. The first-order valence-corrected chi connectivity index (χ1v) is 9.12. The van der Waals surface area contributed by atoms with Crippen molar-refractivity contribution >= 4 is 34.3 Å². The number of anilines is 1. The monoisotopic (exact) mass is 386 g/mol. The minimum Gasteiger partial charge on any atom is -0.347 e. The van der Waals surface area contributed by atoms with Gasteiger partial charge in [0.1, 0.15) is 0 Å². The number of aromatic nitrogens is 1. The second kappa shape index (κ2) is 11.0. The number of nitrogens with one attached hydrogen (secondary N) is 2. The van der Waals surface area contributed by atoms with Gasteiger partial charge in [-0.1, -0.05) is 18.2 Å². The highest BCUT2D eigenvalue weighted by atomic mass is 16.2. The summed E-state index contributed by atoms with van der Waals surface area (Å²) in [5.41, 5.74) is 12.3. The first-order valence-electron chi connectivity index (χ1n) is 9.12. The van der Waals surface area contributed by atoms with E-state index in [-0.39, 0.29) is 37.1 Å².